The summed E-state index contributed by atoms with van der Waals surface area (Å²) in [5, 5.41) is 0. The van der Waals surface area contributed by atoms with Crippen molar-refractivity contribution in [3.8, 4) is 0 Å². The minimum absolute atomic E-state index is 0.559. The summed E-state index contributed by atoms with van der Waals surface area (Å²) in [6.45, 7) is 3.54. The standard InChI is InChI=1S/C4H8BF/c1-2-3-4-5-6/h1-4H2. The molecule has 0 aliphatic carbocycles. The summed E-state index contributed by atoms with van der Waals surface area (Å²) in [5.74, 6) is 0. The SMILES string of the molecule is [CH2]CCC[B]F. The molecule has 0 heterocycles. The Morgan fingerprint density at radius 2 is 2.33 bits per heavy atom. The molecule has 6 heavy (non-hydrogen) atoms. The number of hydrogen-bond donors (Lipinski definition) is 0. The maximum Gasteiger partial charge on any atom is 0.354 e. The van der Waals surface area contributed by atoms with Crippen LogP contribution in [0.15, 0.2) is 0 Å². The second-order valence-corrected chi connectivity index (χ2v) is 1.15. The van der Waals surface area contributed by atoms with Crippen molar-refractivity contribution >= 4 is 7.56 Å². The summed E-state index contributed by atoms with van der Waals surface area (Å²) >= 11 is 0. The van der Waals surface area contributed by atoms with Gasteiger partial charge in [-0.05, 0) is 6.32 Å². The van der Waals surface area contributed by atoms with Crippen LogP contribution in [0.5, 0.6) is 0 Å². The molecule has 0 saturated heterocycles. The van der Waals surface area contributed by atoms with E-state index in [2.05, 4.69) is 6.92 Å². The third-order valence-corrected chi connectivity index (χ3v) is 0.563. The van der Waals surface area contributed by atoms with E-state index in [4.69, 9.17) is 0 Å². The Kier molecular flexibility index (Phi) is 4.99. The lowest BCUT2D eigenvalue weighted by atomic mass is 9.96. The van der Waals surface area contributed by atoms with Gasteiger partial charge in [0.15, 0.2) is 0 Å². The van der Waals surface area contributed by atoms with Gasteiger partial charge in [-0.25, -0.2) is 0 Å². The minimum Gasteiger partial charge on any atom is -0.343 e. The zero-order chi connectivity index (χ0) is 4.83. The van der Waals surface area contributed by atoms with E-state index in [9.17, 15) is 4.32 Å². The lowest BCUT2D eigenvalue weighted by Crippen LogP contribution is -1.75. The van der Waals surface area contributed by atoms with Crippen LogP contribution in [-0.4, -0.2) is 7.56 Å². The summed E-state index contributed by atoms with van der Waals surface area (Å²) in [5.41, 5.74) is 0. The molecule has 34 valence electrons. The molecule has 0 bridgehead atoms. The van der Waals surface area contributed by atoms with Crippen molar-refractivity contribution in [3.63, 3.8) is 0 Å². The molecule has 0 N–H and O–H groups in total. The molecule has 0 fully saturated rings. The zero-order valence-corrected chi connectivity index (χ0v) is 3.78. The van der Waals surface area contributed by atoms with Crippen LogP contribution >= 0.6 is 0 Å². The van der Waals surface area contributed by atoms with Crippen molar-refractivity contribution in [1.82, 2.24) is 0 Å². The van der Waals surface area contributed by atoms with Crippen LogP contribution < -0.4 is 0 Å². The first-order valence-corrected chi connectivity index (χ1v) is 2.13. The summed E-state index contributed by atoms with van der Waals surface area (Å²) in [6, 6.07) is 0. The Bertz CT molecular complexity index is 19.5. The number of halogens is 1. The maximum atomic E-state index is 11.0. The maximum absolute atomic E-state index is 11.0. The molecule has 0 aliphatic heterocycles. The Morgan fingerprint density at radius 3 is 2.50 bits per heavy atom. The van der Waals surface area contributed by atoms with E-state index in [0.717, 1.165) is 12.8 Å². The monoisotopic (exact) mass is 86.1 g/mol. The fourth-order valence-corrected chi connectivity index (χ4v) is 0.221. The number of rotatable bonds is 3. The zero-order valence-electron chi connectivity index (χ0n) is 3.78. The lowest BCUT2D eigenvalue weighted by molar-refractivity contribution is 0.828. The van der Waals surface area contributed by atoms with Crippen LogP contribution in [0.1, 0.15) is 12.8 Å². The molecule has 0 aromatic carbocycles. The first kappa shape index (κ1) is 5.99. The molecular weight excluding hydrogens is 77.9 g/mol. The normalized spacial score (nSPS) is 8.33. The average Bonchev–Trinajstić information content (AvgIpc) is 1.61. The fraction of sp³-hybridized carbons (Fsp3) is 0.750. The average molecular weight is 85.9 g/mol. The minimum atomic E-state index is 0.559. The molecule has 0 nitrogen and oxygen atoms in total. The molecule has 0 amide bonds. The van der Waals surface area contributed by atoms with Gasteiger partial charge in [-0.15, -0.1) is 0 Å². The molecule has 0 aliphatic rings. The van der Waals surface area contributed by atoms with Crippen molar-refractivity contribution in [2.45, 2.75) is 19.2 Å². The van der Waals surface area contributed by atoms with Crippen LogP contribution in [0.25, 0.3) is 0 Å². The Labute approximate surface area is 39.0 Å². The lowest BCUT2D eigenvalue weighted by Gasteiger charge is -1.81. The highest BCUT2D eigenvalue weighted by Gasteiger charge is 1.83. The topological polar surface area (TPSA) is 0 Å². The van der Waals surface area contributed by atoms with Crippen molar-refractivity contribution in [1.29, 1.82) is 0 Å². The van der Waals surface area contributed by atoms with Gasteiger partial charge in [0, 0.05) is 0 Å². The van der Waals surface area contributed by atoms with Crippen LogP contribution in [0, 0.1) is 6.92 Å². The molecular formula is C4H8BF. The molecule has 0 atom stereocenters. The Hall–Kier alpha value is -0.00506. The highest BCUT2D eigenvalue weighted by atomic mass is 19.1. The molecule has 0 unspecified atom stereocenters. The summed E-state index contributed by atoms with van der Waals surface area (Å²) in [4.78, 5) is 0. The predicted molar refractivity (Wildman–Crippen MR) is 26.3 cm³/mol. The first-order chi connectivity index (χ1) is 2.91. The second kappa shape index (κ2) is 4.99. The van der Waals surface area contributed by atoms with Crippen molar-refractivity contribution < 1.29 is 4.32 Å². The van der Waals surface area contributed by atoms with Gasteiger partial charge in [0.05, 0.1) is 0 Å². The van der Waals surface area contributed by atoms with Gasteiger partial charge in [0.2, 0.25) is 0 Å². The van der Waals surface area contributed by atoms with Crippen LogP contribution in [0.4, 0.5) is 4.32 Å². The van der Waals surface area contributed by atoms with E-state index in [0.29, 0.717) is 13.9 Å². The quantitative estimate of drug-likeness (QED) is 0.361. The highest BCUT2D eigenvalue weighted by Crippen LogP contribution is 1.91. The van der Waals surface area contributed by atoms with E-state index in [1.807, 2.05) is 0 Å². The molecule has 0 aromatic rings. The van der Waals surface area contributed by atoms with Crippen LogP contribution in [0.2, 0.25) is 6.32 Å². The predicted octanol–water partition coefficient (Wildman–Crippen LogP) is 1.61. The van der Waals surface area contributed by atoms with Crippen LogP contribution in [-0.2, 0) is 0 Å². The molecule has 0 saturated carbocycles. The van der Waals surface area contributed by atoms with E-state index < -0.39 is 0 Å². The van der Waals surface area contributed by atoms with Crippen molar-refractivity contribution in [2.24, 2.45) is 0 Å². The van der Waals surface area contributed by atoms with Crippen molar-refractivity contribution in [2.75, 3.05) is 0 Å². The van der Waals surface area contributed by atoms with Gasteiger partial charge >= 0.3 is 7.56 Å². The number of unbranched alkanes of at least 4 members (excludes halogenated alkanes) is 1. The smallest absolute Gasteiger partial charge is 0.343 e. The van der Waals surface area contributed by atoms with Gasteiger partial charge in [-0.3, -0.25) is 0 Å². The van der Waals surface area contributed by atoms with E-state index in [1.165, 1.54) is 0 Å². The van der Waals surface area contributed by atoms with E-state index in [1.54, 1.807) is 0 Å². The van der Waals surface area contributed by atoms with Gasteiger partial charge in [0.25, 0.3) is 0 Å². The van der Waals surface area contributed by atoms with Crippen molar-refractivity contribution in [3.05, 3.63) is 6.92 Å². The number of hydrogen-bond acceptors (Lipinski definition) is 0. The third kappa shape index (κ3) is 3.99. The Morgan fingerprint density at radius 1 is 1.67 bits per heavy atom. The largest absolute Gasteiger partial charge is 0.354 e. The summed E-state index contributed by atoms with van der Waals surface area (Å²) in [7, 11) is 0.672. The van der Waals surface area contributed by atoms with Gasteiger partial charge in [0.1, 0.15) is 0 Å². The van der Waals surface area contributed by atoms with E-state index >= 15 is 0 Å². The summed E-state index contributed by atoms with van der Waals surface area (Å²) < 4.78 is 11.0. The third-order valence-electron chi connectivity index (χ3n) is 0.563. The molecule has 2 heteroatoms. The van der Waals surface area contributed by atoms with Gasteiger partial charge < -0.3 is 4.32 Å². The second-order valence-electron chi connectivity index (χ2n) is 1.15. The van der Waals surface area contributed by atoms with Crippen LogP contribution in [0.3, 0.4) is 0 Å². The first-order valence-electron chi connectivity index (χ1n) is 2.13. The summed E-state index contributed by atoms with van der Waals surface area (Å²) in [6.07, 6.45) is 2.26. The highest BCUT2D eigenvalue weighted by molar-refractivity contribution is 6.25. The molecule has 0 spiro atoms. The molecule has 2 radical (unpaired) electrons. The molecule has 0 rings (SSSR count). The molecule has 0 aromatic heterocycles. The fourth-order valence-electron chi connectivity index (χ4n) is 0.221. The Balaban J connectivity index is 2.34. The van der Waals surface area contributed by atoms with Gasteiger partial charge in [-0.1, -0.05) is 19.8 Å². The van der Waals surface area contributed by atoms with E-state index in [-0.39, 0.29) is 0 Å². The van der Waals surface area contributed by atoms with Gasteiger partial charge in [-0.2, -0.15) is 0 Å².